The zero-order chi connectivity index (χ0) is 24.2. The van der Waals surface area contributed by atoms with Crippen LogP contribution in [0.3, 0.4) is 0 Å². The Morgan fingerprint density at radius 3 is 1.88 bits per heavy atom. The van der Waals surface area contributed by atoms with E-state index in [1.54, 1.807) is 19.2 Å². The highest BCUT2D eigenvalue weighted by Crippen LogP contribution is 2.31. The van der Waals surface area contributed by atoms with Crippen molar-refractivity contribution in [3.63, 3.8) is 0 Å². The number of nitrogens with zero attached hydrogens (tertiary/aromatic N) is 2. The van der Waals surface area contributed by atoms with Crippen LogP contribution in [0.1, 0.15) is 5.56 Å². The summed E-state index contributed by atoms with van der Waals surface area (Å²) in [6, 6.07) is 14.5. The highest BCUT2D eigenvalue weighted by atomic mass is 32.2. The van der Waals surface area contributed by atoms with E-state index in [1.807, 2.05) is 13.0 Å². The number of benzene rings is 3. The largest absolute Gasteiger partial charge is 0.355 e. The second kappa shape index (κ2) is 9.64. The fourth-order valence-corrected chi connectivity index (χ4v) is 3.98. The zero-order valence-electron chi connectivity index (χ0n) is 17.5. The summed E-state index contributed by atoms with van der Waals surface area (Å²) in [5.74, 6) is 0. The molecule has 3 aromatic rings. The molecule has 0 atom stereocenters. The van der Waals surface area contributed by atoms with Crippen molar-refractivity contribution in [2.75, 3.05) is 17.8 Å². The summed E-state index contributed by atoms with van der Waals surface area (Å²) in [4.78, 5) is -0.746. The third-order valence-electron chi connectivity index (χ3n) is 4.41. The van der Waals surface area contributed by atoms with Gasteiger partial charge in [0.05, 0.1) is 10.6 Å². The molecule has 0 aliphatic heterocycles. The topological polar surface area (TPSA) is 170 Å². The molecule has 0 bridgehead atoms. The van der Waals surface area contributed by atoms with Crippen molar-refractivity contribution < 1.29 is 25.9 Å². The van der Waals surface area contributed by atoms with Gasteiger partial charge < -0.3 is 10.7 Å². The fourth-order valence-electron chi connectivity index (χ4n) is 2.86. The highest BCUT2D eigenvalue weighted by Gasteiger charge is 2.17. The van der Waals surface area contributed by atoms with Gasteiger partial charge in [-0.05, 0) is 73.2 Å². The van der Waals surface area contributed by atoms with E-state index in [0.29, 0.717) is 17.1 Å². The molecule has 0 saturated heterocycles. The molecule has 0 unspecified atom stereocenters. The Balaban J connectivity index is 1.89. The van der Waals surface area contributed by atoms with Gasteiger partial charge >= 0.3 is 0 Å². The number of nitrogens with one attached hydrogen (secondary N) is 3. The molecule has 0 aliphatic carbocycles. The van der Waals surface area contributed by atoms with E-state index in [4.69, 9.17) is 4.55 Å². The van der Waals surface area contributed by atoms with Crippen molar-refractivity contribution >= 4 is 48.7 Å². The van der Waals surface area contributed by atoms with Crippen LogP contribution in [-0.2, 0) is 20.2 Å². The summed E-state index contributed by atoms with van der Waals surface area (Å²) in [7, 11) is -7.23. The molecule has 0 aromatic heterocycles. The first-order valence-electron chi connectivity index (χ1n) is 9.38. The summed E-state index contributed by atoms with van der Waals surface area (Å²) >= 11 is 0. The van der Waals surface area contributed by atoms with Crippen LogP contribution in [0, 0.1) is 6.92 Å². The van der Waals surface area contributed by atoms with Crippen molar-refractivity contribution in [3.05, 3.63) is 66.2 Å². The van der Waals surface area contributed by atoms with E-state index in [9.17, 15) is 21.4 Å². The number of hydrogen-bond donors (Lipinski definition) is 5. The van der Waals surface area contributed by atoms with Crippen LogP contribution < -0.4 is 16.2 Å². The molecular weight excluding hydrogens is 470 g/mol. The summed E-state index contributed by atoms with van der Waals surface area (Å²) in [6.07, 6.45) is 0. The maximum Gasteiger partial charge on any atom is 0.296 e. The number of hydrogen-bond acceptors (Lipinski definition) is 9. The number of aryl methyl sites for hydroxylation is 1. The lowest BCUT2D eigenvalue weighted by molar-refractivity contribution is 0.481. The molecule has 0 radical (unpaired) electrons. The van der Waals surface area contributed by atoms with Gasteiger partial charge in [-0.1, -0.05) is 0 Å². The van der Waals surface area contributed by atoms with E-state index >= 15 is 0 Å². The van der Waals surface area contributed by atoms with Gasteiger partial charge in [0.1, 0.15) is 10.6 Å². The van der Waals surface area contributed by atoms with E-state index in [2.05, 4.69) is 26.4 Å². The Kier molecular flexibility index (Phi) is 7.09. The van der Waals surface area contributed by atoms with Gasteiger partial charge in [0, 0.05) is 24.1 Å². The van der Waals surface area contributed by atoms with E-state index < -0.39 is 25.1 Å². The molecule has 174 valence electrons. The van der Waals surface area contributed by atoms with Crippen molar-refractivity contribution in [1.82, 2.24) is 5.43 Å². The van der Waals surface area contributed by atoms with Crippen LogP contribution >= 0.6 is 0 Å². The van der Waals surface area contributed by atoms with E-state index in [1.165, 1.54) is 42.5 Å². The first-order valence-corrected chi connectivity index (χ1v) is 12.3. The van der Waals surface area contributed by atoms with Crippen LogP contribution in [0.2, 0.25) is 0 Å². The maximum absolute atomic E-state index is 11.9. The van der Waals surface area contributed by atoms with Crippen LogP contribution in [0.5, 0.6) is 0 Å². The van der Waals surface area contributed by atoms with E-state index in [0.717, 1.165) is 11.3 Å². The molecule has 0 fully saturated rings. The van der Waals surface area contributed by atoms with Crippen molar-refractivity contribution in [1.29, 1.82) is 0 Å². The Morgan fingerprint density at radius 1 is 0.727 bits per heavy atom. The average molecular weight is 492 g/mol. The first kappa shape index (κ1) is 24.3. The molecule has 3 rings (SSSR count). The van der Waals surface area contributed by atoms with Crippen molar-refractivity contribution in [2.24, 2.45) is 10.2 Å². The monoisotopic (exact) mass is 491 g/mol. The Morgan fingerprint density at radius 2 is 1.30 bits per heavy atom. The molecule has 33 heavy (non-hydrogen) atoms. The lowest BCUT2D eigenvalue weighted by Crippen LogP contribution is -2.14. The first-order chi connectivity index (χ1) is 15.5. The maximum atomic E-state index is 11.9. The molecule has 0 heterocycles. The van der Waals surface area contributed by atoms with E-state index in [-0.39, 0.29) is 10.6 Å². The highest BCUT2D eigenvalue weighted by molar-refractivity contribution is 7.86. The predicted molar refractivity (Wildman–Crippen MR) is 124 cm³/mol. The SMILES string of the molecule is CNNc1ccc(/N=N\c2ccc(Nc3ccc(S(=O)(=O)O)cc3)cc2S(=O)(=O)O)c(C)c1. The number of rotatable bonds is 8. The smallest absolute Gasteiger partial charge is 0.296 e. The summed E-state index contributed by atoms with van der Waals surface area (Å²) in [6.45, 7) is 1.82. The van der Waals surface area contributed by atoms with Gasteiger partial charge in [-0.2, -0.15) is 21.9 Å². The minimum Gasteiger partial charge on any atom is -0.355 e. The summed E-state index contributed by atoms with van der Waals surface area (Å²) in [5.41, 5.74) is 8.49. The standard InChI is InChI=1S/C20H21N5O6S2/c1-13-11-16(23-21-2)6-9-18(13)24-25-19-10-5-15(12-20(19)33(29,30)31)22-14-3-7-17(8-4-14)32(26,27)28/h3-12,21-23H,1-2H3,(H,26,27,28)(H,29,30,31)/b25-24-. The van der Waals surface area contributed by atoms with Gasteiger partial charge in [-0.3, -0.25) is 9.11 Å². The minimum atomic E-state index is -4.63. The molecule has 0 saturated carbocycles. The van der Waals surface area contributed by atoms with Crippen molar-refractivity contribution in [2.45, 2.75) is 16.7 Å². The van der Waals surface area contributed by atoms with Crippen LogP contribution in [0.25, 0.3) is 0 Å². The lowest BCUT2D eigenvalue weighted by Gasteiger charge is -2.10. The molecule has 0 amide bonds. The zero-order valence-corrected chi connectivity index (χ0v) is 19.1. The quantitative estimate of drug-likeness (QED) is 0.176. The number of hydrazine groups is 1. The molecule has 11 nitrogen and oxygen atoms in total. The second-order valence-corrected chi connectivity index (χ2v) is 9.67. The summed E-state index contributed by atoms with van der Waals surface area (Å²) in [5, 5.41) is 11.0. The third kappa shape index (κ3) is 6.34. The molecule has 0 aliphatic rings. The number of azo groups is 1. The van der Waals surface area contributed by atoms with Gasteiger partial charge in [0.15, 0.2) is 0 Å². The molecule has 0 spiro atoms. The van der Waals surface area contributed by atoms with Crippen LogP contribution in [0.15, 0.2) is 80.7 Å². The number of anilines is 3. The Labute approximate surface area is 191 Å². The van der Waals surface area contributed by atoms with Gasteiger partial charge in [0.2, 0.25) is 0 Å². The van der Waals surface area contributed by atoms with Gasteiger partial charge in [0.25, 0.3) is 20.2 Å². The molecule has 13 heteroatoms. The van der Waals surface area contributed by atoms with Crippen LogP contribution in [-0.4, -0.2) is 33.0 Å². The fraction of sp³-hybridized carbons (Fsp3) is 0.100. The Hall–Kier alpha value is -3.36. The molecule has 5 N–H and O–H groups in total. The Bertz CT molecular complexity index is 1410. The average Bonchev–Trinajstić information content (AvgIpc) is 2.73. The second-order valence-electron chi connectivity index (χ2n) is 6.86. The van der Waals surface area contributed by atoms with Crippen molar-refractivity contribution in [3.8, 4) is 0 Å². The third-order valence-corrected chi connectivity index (χ3v) is 6.16. The molecule has 3 aromatic carbocycles. The molecular formula is C20H21N5O6S2. The van der Waals surface area contributed by atoms with Gasteiger partial charge in [-0.15, -0.1) is 5.11 Å². The minimum absolute atomic E-state index is 0.0680. The van der Waals surface area contributed by atoms with Gasteiger partial charge in [-0.25, -0.2) is 5.43 Å². The summed E-state index contributed by atoms with van der Waals surface area (Å²) < 4.78 is 64.8. The van der Waals surface area contributed by atoms with Crippen LogP contribution in [0.4, 0.5) is 28.4 Å². The lowest BCUT2D eigenvalue weighted by atomic mass is 10.2. The normalized spacial score (nSPS) is 12.1. The predicted octanol–water partition coefficient (Wildman–Crippen LogP) is 4.19.